The summed E-state index contributed by atoms with van der Waals surface area (Å²) in [5.41, 5.74) is 0. The molecule has 0 spiro atoms. The molecule has 1 nitrogen and oxygen atoms in total. The average molecular weight is 227 g/mol. The van der Waals surface area contributed by atoms with Crippen molar-refractivity contribution in [1.29, 1.82) is 0 Å². The average Bonchev–Trinajstić information content (AvgIpc) is 2.23. The Hall–Kier alpha value is -0.540. The van der Waals surface area contributed by atoms with E-state index in [2.05, 4.69) is 12.2 Å². The van der Waals surface area contributed by atoms with Crippen LogP contribution >= 0.6 is 11.8 Å². The molecule has 0 radical (unpaired) electrons. The van der Waals surface area contributed by atoms with E-state index in [1.165, 1.54) is 12.5 Å². The van der Waals surface area contributed by atoms with E-state index in [0.717, 1.165) is 30.2 Å². The van der Waals surface area contributed by atoms with Gasteiger partial charge in [-0.05, 0) is 49.9 Å². The van der Waals surface area contributed by atoms with Gasteiger partial charge in [0.1, 0.15) is 5.82 Å². The summed E-state index contributed by atoms with van der Waals surface area (Å²) in [5.74, 6) is 0.893. The molecule has 1 N–H and O–H groups in total. The number of hydrogen-bond acceptors (Lipinski definition) is 2. The molecule has 0 unspecified atom stereocenters. The van der Waals surface area contributed by atoms with Gasteiger partial charge in [0.15, 0.2) is 0 Å². The third-order valence-electron chi connectivity index (χ3n) is 1.99. The SMILES string of the molecule is CCCNCCCSc1cccc(F)c1. The third-order valence-corrected chi connectivity index (χ3v) is 3.07. The van der Waals surface area contributed by atoms with Gasteiger partial charge in [0.2, 0.25) is 0 Å². The Morgan fingerprint density at radius 2 is 2.20 bits per heavy atom. The van der Waals surface area contributed by atoms with Crippen molar-refractivity contribution >= 4 is 11.8 Å². The van der Waals surface area contributed by atoms with E-state index in [-0.39, 0.29) is 5.82 Å². The van der Waals surface area contributed by atoms with Gasteiger partial charge in [0, 0.05) is 4.90 Å². The van der Waals surface area contributed by atoms with Crippen LogP contribution in [0.15, 0.2) is 29.2 Å². The Balaban J connectivity index is 2.10. The van der Waals surface area contributed by atoms with Gasteiger partial charge in [-0.25, -0.2) is 4.39 Å². The van der Waals surface area contributed by atoms with E-state index < -0.39 is 0 Å². The first-order valence-corrected chi connectivity index (χ1v) is 6.40. The topological polar surface area (TPSA) is 12.0 Å². The second kappa shape index (κ2) is 7.71. The molecule has 1 rings (SSSR count). The molecule has 0 amide bonds. The third kappa shape index (κ3) is 5.80. The van der Waals surface area contributed by atoms with Crippen LogP contribution in [-0.4, -0.2) is 18.8 Å². The molecule has 1 aromatic carbocycles. The van der Waals surface area contributed by atoms with Crippen LogP contribution in [0, 0.1) is 5.82 Å². The van der Waals surface area contributed by atoms with E-state index in [9.17, 15) is 4.39 Å². The number of thioether (sulfide) groups is 1. The Labute approximate surface area is 95.5 Å². The lowest BCUT2D eigenvalue weighted by molar-refractivity contribution is 0.624. The minimum Gasteiger partial charge on any atom is -0.317 e. The number of halogens is 1. The van der Waals surface area contributed by atoms with Crippen LogP contribution in [0.2, 0.25) is 0 Å². The highest BCUT2D eigenvalue weighted by Crippen LogP contribution is 2.18. The Kier molecular flexibility index (Phi) is 6.44. The maximum atomic E-state index is 12.8. The van der Waals surface area contributed by atoms with E-state index in [1.54, 1.807) is 23.9 Å². The lowest BCUT2D eigenvalue weighted by Crippen LogP contribution is -2.16. The van der Waals surface area contributed by atoms with Crippen molar-refractivity contribution < 1.29 is 4.39 Å². The summed E-state index contributed by atoms with van der Waals surface area (Å²) in [5, 5.41) is 3.35. The van der Waals surface area contributed by atoms with Crippen LogP contribution in [0.25, 0.3) is 0 Å². The molecule has 0 fully saturated rings. The fourth-order valence-corrected chi connectivity index (χ4v) is 2.14. The van der Waals surface area contributed by atoms with Crippen LogP contribution in [0.5, 0.6) is 0 Å². The van der Waals surface area contributed by atoms with Gasteiger partial charge in [0.05, 0.1) is 0 Å². The van der Waals surface area contributed by atoms with Crippen LogP contribution in [0.4, 0.5) is 4.39 Å². The molecule has 0 aromatic heterocycles. The van der Waals surface area contributed by atoms with E-state index in [0.29, 0.717) is 0 Å². The van der Waals surface area contributed by atoms with Gasteiger partial charge in [0.25, 0.3) is 0 Å². The largest absolute Gasteiger partial charge is 0.317 e. The van der Waals surface area contributed by atoms with Crippen molar-refractivity contribution in [2.45, 2.75) is 24.7 Å². The highest BCUT2D eigenvalue weighted by atomic mass is 32.2. The van der Waals surface area contributed by atoms with Crippen molar-refractivity contribution in [3.05, 3.63) is 30.1 Å². The fourth-order valence-electron chi connectivity index (χ4n) is 1.25. The highest BCUT2D eigenvalue weighted by molar-refractivity contribution is 7.99. The lowest BCUT2D eigenvalue weighted by Gasteiger charge is -2.03. The molecule has 3 heteroatoms. The van der Waals surface area contributed by atoms with Crippen molar-refractivity contribution in [3.63, 3.8) is 0 Å². The summed E-state index contributed by atoms with van der Waals surface area (Å²) < 4.78 is 12.8. The standard InChI is InChI=1S/C12H18FNS/c1-2-7-14-8-4-9-15-12-6-3-5-11(13)10-12/h3,5-6,10,14H,2,4,7-9H2,1H3. The van der Waals surface area contributed by atoms with E-state index in [4.69, 9.17) is 0 Å². The molecule has 0 saturated heterocycles. The Bertz CT molecular complexity index is 278. The smallest absolute Gasteiger partial charge is 0.124 e. The molecule has 0 bridgehead atoms. The maximum absolute atomic E-state index is 12.8. The summed E-state index contributed by atoms with van der Waals surface area (Å²) in [6.45, 7) is 4.30. The van der Waals surface area contributed by atoms with Gasteiger partial charge < -0.3 is 5.32 Å². The molecule has 0 aliphatic carbocycles. The summed E-state index contributed by atoms with van der Waals surface area (Å²) in [7, 11) is 0. The van der Waals surface area contributed by atoms with Crippen molar-refractivity contribution in [3.8, 4) is 0 Å². The molecular weight excluding hydrogens is 209 g/mol. The molecule has 84 valence electrons. The first-order valence-electron chi connectivity index (χ1n) is 5.42. The minimum absolute atomic E-state index is 0.149. The number of rotatable bonds is 7. The second-order valence-electron chi connectivity index (χ2n) is 3.41. The fraction of sp³-hybridized carbons (Fsp3) is 0.500. The van der Waals surface area contributed by atoms with Crippen molar-refractivity contribution in [1.82, 2.24) is 5.32 Å². The number of nitrogens with one attached hydrogen (secondary N) is 1. The van der Waals surface area contributed by atoms with Crippen LogP contribution in [-0.2, 0) is 0 Å². The molecule has 0 heterocycles. The Morgan fingerprint density at radius 3 is 2.93 bits per heavy atom. The van der Waals surface area contributed by atoms with Gasteiger partial charge in [-0.1, -0.05) is 13.0 Å². The number of benzene rings is 1. The zero-order chi connectivity index (χ0) is 10.9. The molecule has 0 aliphatic rings. The quantitative estimate of drug-likeness (QED) is 0.566. The Morgan fingerprint density at radius 1 is 1.33 bits per heavy atom. The summed E-state index contributed by atoms with van der Waals surface area (Å²) in [4.78, 5) is 1.02. The van der Waals surface area contributed by atoms with Gasteiger partial charge in [-0.15, -0.1) is 11.8 Å². The highest BCUT2D eigenvalue weighted by Gasteiger charge is 1.95. The maximum Gasteiger partial charge on any atom is 0.124 e. The van der Waals surface area contributed by atoms with E-state index >= 15 is 0 Å². The molecular formula is C12H18FNS. The van der Waals surface area contributed by atoms with Crippen LogP contribution in [0.1, 0.15) is 19.8 Å². The first-order chi connectivity index (χ1) is 7.33. The minimum atomic E-state index is -0.149. The monoisotopic (exact) mass is 227 g/mol. The zero-order valence-electron chi connectivity index (χ0n) is 9.13. The molecule has 15 heavy (non-hydrogen) atoms. The molecule has 0 saturated carbocycles. The van der Waals surface area contributed by atoms with Crippen LogP contribution in [0.3, 0.4) is 0 Å². The lowest BCUT2D eigenvalue weighted by atomic mass is 10.4. The van der Waals surface area contributed by atoms with Gasteiger partial charge in [-0.3, -0.25) is 0 Å². The zero-order valence-corrected chi connectivity index (χ0v) is 9.95. The first kappa shape index (κ1) is 12.5. The number of hydrogen-bond donors (Lipinski definition) is 1. The molecule has 0 atom stereocenters. The second-order valence-corrected chi connectivity index (χ2v) is 4.58. The molecule has 0 aliphatic heterocycles. The predicted octanol–water partition coefficient (Wildman–Crippen LogP) is 3.31. The predicted molar refractivity (Wildman–Crippen MR) is 64.9 cm³/mol. The van der Waals surface area contributed by atoms with Crippen LogP contribution < -0.4 is 5.32 Å². The van der Waals surface area contributed by atoms with Crippen molar-refractivity contribution in [2.75, 3.05) is 18.8 Å². The normalized spacial score (nSPS) is 10.5. The molecule has 1 aromatic rings. The summed E-state index contributed by atoms with van der Waals surface area (Å²) in [6, 6.07) is 6.78. The van der Waals surface area contributed by atoms with Gasteiger partial charge in [-0.2, -0.15) is 0 Å². The van der Waals surface area contributed by atoms with E-state index in [1.807, 2.05) is 6.07 Å². The van der Waals surface area contributed by atoms with Gasteiger partial charge >= 0.3 is 0 Å². The summed E-state index contributed by atoms with van der Waals surface area (Å²) >= 11 is 1.71. The summed E-state index contributed by atoms with van der Waals surface area (Å²) in [6.07, 6.45) is 2.30. The van der Waals surface area contributed by atoms with Crippen molar-refractivity contribution in [2.24, 2.45) is 0 Å².